The van der Waals surface area contributed by atoms with Crippen LogP contribution < -0.4 is 15.4 Å². The first-order chi connectivity index (χ1) is 11.5. The van der Waals surface area contributed by atoms with Gasteiger partial charge in [-0.2, -0.15) is 5.26 Å². The highest BCUT2D eigenvalue weighted by molar-refractivity contribution is 5.94. The minimum absolute atomic E-state index is 0.0314. The molecule has 7 heteroatoms. The van der Waals surface area contributed by atoms with Crippen LogP contribution in [-0.2, 0) is 9.59 Å². The van der Waals surface area contributed by atoms with Crippen molar-refractivity contribution in [3.8, 4) is 11.8 Å². The molecule has 0 aliphatic carbocycles. The number of nitrogens with zero attached hydrogens (tertiary/aromatic N) is 1. The third-order valence-electron chi connectivity index (χ3n) is 2.93. The molecule has 2 amide bonds. The molecular formula is C17H14FN3O3. The Labute approximate surface area is 137 Å². The van der Waals surface area contributed by atoms with E-state index in [1.54, 1.807) is 24.3 Å². The number of carbonyl (C=O) groups excluding carboxylic acids is 2. The second kappa shape index (κ2) is 7.74. The lowest BCUT2D eigenvalue weighted by Crippen LogP contribution is -2.20. The predicted molar refractivity (Wildman–Crippen MR) is 86.0 cm³/mol. The summed E-state index contributed by atoms with van der Waals surface area (Å²) in [7, 11) is 0. The van der Waals surface area contributed by atoms with Crippen LogP contribution in [0.3, 0.4) is 0 Å². The van der Waals surface area contributed by atoms with Crippen molar-refractivity contribution in [2.24, 2.45) is 0 Å². The van der Waals surface area contributed by atoms with E-state index in [0.717, 1.165) is 6.07 Å². The average Bonchev–Trinajstić information content (AvgIpc) is 2.56. The van der Waals surface area contributed by atoms with E-state index in [9.17, 15) is 14.0 Å². The largest absolute Gasteiger partial charge is 0.482 e. The molecular weight excluding hydrogens is 313 g/mol. The van der Waals surface area contributed by atoms with Crippen LogP contribution in [0, 0.1) is 17.1 Å². The van der Waals surface area contributed by atoms with E-state index in [4.69, 9.17) is 10.00 Å². The highest BCUT2D eigenvalue weighted by Crippen LogP contribution is 2.20. The van der Waals surface area contributed by atoms with Gasteiger partial charge in [0.05, 0.1) is 11.3 Å². The summed E-state index contributed by atoms with van der Waals surface area (Å²) in [6, 6.07) is 12.3. The number of anilines is 2. The number of nitrogens with one attached hydrogen (secondary N) is 2. The minimum atomic E-state index is -0.609. The van der Waals surface area contributed by atoms with Gasteiger partial charge in [-0.25, -0.2) is 4.39 Å². The first kappa shape index (κ1) is 17.0. The van der Waals surface area contributed by atoms with E-state index in [1.807, 2.05) is 6.07 Å². The lowest BCUT2D eigenvalue weighted by Gasteiger charge is -2.10. The first-order valence-corrected chi connectivity index (χ1v) is 6.98. The quantitative estimate of drug-likeness (QED) is 0.883. The second-order valence-corrected chi connectivity index (χ2v) is 4.82. The molecule has 2 rings (SSSR count). The van der Waals surface area contributed by atoms with Crippen LogP contribution in [0.25, 0.3) is 0 Å². The van der Waals surface area contributed by atoms with E-state index in [0.29, 0.717) is 17.0 Å². The van der Waals surface area contributed by atoms with Gasteiger partial charge in [-0.05, 0) is 30.3 Å². The summed E-state index contributed by atoms with van der Waals surface area (Å²) in [5, 5.41) is 13.8. The van der Waals surface area contributed by atoms with Crippen molar-refractivity contribution in [1.29, 1.82) is 5.26 Å². The lowest BCUT2D eigenvalue weighted by molar-refractivity contribution is -0.118. The van der Waals surface area contributed by atoms with Crippen molar-refractivity contribution in [3.63, 3.8) is 0 Å². The van der Waals surface area contributed by atoms with E-state index >= 15 is 0 Å². The van der Waals surface area contributed by atoms with Gasteiger partial charge in [0, 0.05) is 12.6 Å². The molecule has 0 aliphatic rings. The van der Waals surface area contributed by atoms with Crippen LogP contribution >= 0.6 is 0 Å². The lowest BCUT2D eigenvalue weighted by atomic mass is 10.2. The molecule has 0 spiro atoms. The van der Waals surface area contributed by atoms with Crippen LogP contribution in [0.4, 0.5) is 15.8 Å². The molecule has 6 nitrogen and oxygen atoms in total. The average molecular weight is 327 g/mol. The van der Waals surface area contributed by atoms with Gasteiger partial charge in [-0.15, -0.1) is 0 Å². The van der Waals surface area contributed by atoms with Crippen molar-refractivity contribution >= 4 is 23.2 Å². The van der Waals surface area contributed by atoms with Crippen molar-refractivity contribution in [2.75, 3.05) is 17.2 Å². The van der Waals surface area contributed by atoms with Gasteiger partial charge in [-0.3, -0.25) is 9.59 Å². The smallest absolute Gasteiger partial charge is 0.262 e. The van der Waals surface area contributed by atoms with Crippen molar-refractivity contribution in [3.05, 3.63) is 53.8 Å². The molecule has 2 aromatic carbocycles. The van der Waals surface area contributed by atoms with Crippen LogP contribution in [0.15, 0.2) is 42.5 Å². The maximum atomic E-state index is 13.5. The Morgan fingerprint density at radius 1 is 1.21 bits per heavy atom. The van der Waals surface area contributed by atoms with Gasteiger partial charge >= 0.3 is 0 Å². The number of carbonyl (C=O) groups is 2. The van der Waals surface area contributed by atoms with Crippen LogP contribution in [-0.4, -0.2) is 18.4 Å². The number of hydrogen-bond donors (Lipinski definition) is 2. The molecule has 122 valence electrons. The molecule has 2 aromatic rings. The standard InChI is InChI=1S/C17H14FN3O3/c1-11(22)20-15-8-13(6-7-14(15)18)21-17(23)10-24-16-5-3-2-4-12(16)9-19/h2-8H,10H2,1H3,(H,20,22)(H,21,23). The highest BCUT2D eigenvalue weighted by Gasteiger charge is 2.09. The van der Waals surface area contributed by atoms with Crippen LogP contribution in [0.2, 0.25) is 0 Å². The Hall–Kier alpha value is -3.40. The van der Waals surface area contributed by atoms with Gasteiger partial charge < -0.3 is 15.4 Å². The topological polar surface area (TPSA) is 91.2 Å². The van der Waals surface area contributed by atoms with Gasteiger partial charge in [0.15, 0.2) is 6.61 Å². The summed E-state index contributed by atoms with van der Waals surface area (Å²) in [6.45, 7) is 0.941. The molecule has 0 heterocycles. The number of rotatable bonds is 5. The minimum Gasteiger partial charge on any atom is -0.482 e. The zero-order valence-corrected chi connectivity index (χ0v) is 12.8. The molecule has 0 aliphatic heterocycles. The number of amides is 2. The third-order valence-corrected chi connectivity index (χ3v) is 2.93. The van der Waals surface area contributed by atoms with E-state index in [-0.39, 0.29) is 12.3 Å². The fourth-order valence-corrected chi connectivity index (χ4v) is 1.91. The van der Waals surface area contributed by atoms with E-state index in [1.165, 1.54) is 19.1 Å². The zero-order chi connectivity index (χ0) is 17.5. The number of halogens is 1. The fourth-order valence-electron chi connectivity index (χ4n) is 1.91. The van der Waals surface area contributed by atoms with Crippen molar-refractivity contribution in [2.45, 2.75) is 6.92 Å². The van der Waals surface area contributed by atoms with Crippen LogP contribution in [0.1, 0.15) is 12.5 Å². The van der Waals surface area contributed by atoms with Crippen LogP contribution in [0.5, 0.6) is 5.75 Å². The van der Waals surface area contributed by atoms with Crippen molar-refractivity contribution < 1.29 is 18.7 Å². The highest BCUT2D eigenvalue weighted by atomic mass is 19.1. The Morgan fingerprint density at radius 2 is 1.96 bits per heavy atom. The second-order valence-electron chi connectivity index (χ2n) is 4.82. The molecule has 2 N–H and O–H groups in total. The SMILES string of the molecule is CC(=O)Nc1cc(NC(=O)COc2ccccc2C#N)ccc1F. The Balaban J connectivity index is 2.00. The number of benzene rings is 2. The molecule has 0 aromatic heterocycles. The summed E-state index contributed by atoms with van der Waals surface area (Å²) >= 11 is 0. The first-order valence-electron chi connectivity index (χ1n) is 6.98. The number of hydrogen-bond acceptors (Lipinski definition) is 4. The fraction of sp³-hybridized carbons (Fsp3) is 0.118. The van der Waals surface area contributed by atoms with Crippen molar-refractivity contribution in [1.82, 2.24) is 0 Å². The summed E-state index contributed by atoms with van der Waals surface area (Å²) < 4.78 is 18.8. The van der Waals surface area contributed by atoms with Gasteiger partial charge in [0.25, 0.3) is 5.91 Å². The van der Waals surface area contributed by atoms with E-state index < -0.39 is 17.6 Å². The Kier molecular flexibility index (Phi) is 5.47. The Morgan fingerprint density at radius 3 is 2.67 bits per heavy atom. The number of ether oxygens (including phenoxy) is 1. The van der Waals surface area contributed by atoms with E-state index in [2.05, 4.69) is 10.6 Å². The normalized spacial score (nSPS) is 9.71. The maximum absolute atomic E-state index is 13.5. The molecule has 0 fully saturated rings. The Bertz CT molecular complexity index is 815. The summed E-state index contributed by atoms with van der Waals surface area (Å²) in [6.07, 6.45) is 0. The maximum Gasteiger partial charge on any atom is 0.262 e. The summed E-state index contributed by atoms with van der Waals surface area (Å²) in [5.74, 6) is -1.22. The van der Waals surface area contributed by atoms with Gasteiger partial charge in [0.1, 0.15) is 17.6 Å². The monoisotopic (exact) mass is 327 g/mol. The summed E-state index contributed by atoms with van der Waals surface area (Å²) in [5.41, 5.74) is 0.596. The number of nitriles is 1. The molecule has 24 heavy (non-hydrogen) atoms. The molecule has 0 radical (unpaired) electrons. The van der Waals surface area contributed by atoms with Gasteiger partial charge in [-0.1, -0.05) is 12.1 Å². The molecule has 0 saturated carbocycles. The zero-order valence-electron chi connectivity index (χ0n) is 12.8. The third kappa shape index (κ3) is 4.55. The molecule has 0 atom stereocenters. The molecule has 0 unspecified atom stereocenters. The summed E-state index contributed by atoms with van der Waals surface area (Å²) in [4.78, 5) is 22.9. The van der Waals surface area contributed by atoms with Gasteiger partial charge in [0.2, 0.25) is 5.91 Å². The number of para-hydroxylation sites is 1. The molecule has 0 bridgehead atoms. The molecule has 0 saturated heterocycles. The predicted octanol–water partition coefficient (Wildman–Crippen LogP) is 2.67.